The van der Waals surface area contributed by atoms with E-state index in [1.165, 1.54) is 0 Å². The third-order valence-electron chi connectivity index (χ3n) is 2.91. The van der Waals surface area contributed by atoms with Gasteiger partial charge in [-0.25, -0.2) is 0 Å². The zero-order chi connectivity index (χ0) is 14.3. The number of benzene rings is 1. The van der Waals surface area contributed by atoms with Gasteiger partial charge in [-0.2, -0.15) is 0 Å². The average Bonchev–Trinajstić information content (AvgIpc) is 2.37. The van der Waals surface area contributed by atoms with Gasteiger partial charge >= 0.3 is 5.97 Å². The first kappa shape index (κ1) is 15.7. The summed E-state index contributed by atoms with van der Waals surface area (Å²) in [5, 5.41) is 12.2. The quantitative estimate of drug-likeness (QED) is 0.709. The van der Waals surface area contributed by atoms with E-state index in [4.69, 9.17) is 9.84 Å². The molecule has 0 aliphatic rings. The summed E-state index contributed by atoms with van der Waals surface area (Å²) in [4.78, 5) is 10.9. The second-order valence-corrected chi connectivity index (χ2v) is 4.90. The van der Waals surface area contributed by atoms with Gasteiger partial charge in [-0.05, 0) is 31.9 Å². The molecule has 0 aliphatic carbocycles. The van der Waals surface area contributed by atoms with Crippen LogP contribution in [0.3, 0.4) is 0 Å². The van der Waals surface area contributed by atoms with Gasteiger partial charge < -0.3 is 15.2 Å². The van der Waals surface area contributed by atoms with Gasteiger partial charge in [0.05, 0.1) is 18.6 Å². The molecule has 19 heavy (non-hydrogen) atoms. The van der Waals surface area contributed by atoms with E-state index < -0.39 is 11.9 Å². The monoisotopic (exact) mass is 265 g/mol. The van der Waals surface area contributed by atoms with E-state index in [9.17, 15) is 4.79 Å². The van der Waals surface area contributed by atoms with Gasteiger partial charge in [0.2, 0.25) is 0 Å². The second-order valence-electron chi connectivity index (χ2n) is 4.90. The molecule has 1 aromatic rings. The maximum Gasteiger partial charge on any atom is 0.310 e. The number of carbonyl (C=O) groups is 1. The maximum atomic E-state index is 10.9. The highest BCUT2D eigenvalue weighted by molar-refractivity contribution is 5.75. The summed E-state index contributed by atoms with van der Waals surface area (Å²) in [6.07, 6.45) is 0.263. The molecule has 1 atom stereocenters. The Bertz CT molecular complexity index is 387. The summed E-state index contributed by atoms with van der Waals surface area (Å²) in [6, 6.07) is 7.68. The lowest BCUT2D eigenvalue weighted by Crippen LogP contribution is -2.21. The Morgan fingerprint density at radius 3 is 2.42 bits per heavy atom. The normalized spacial score (nSPS) is 12.6. The first-order chi connectivity index (χ1) is 9.00. The molecule has 0 bridgehead atoms. The van der Waals surface area contributed by atoms with Crippen molar-refractivity contribution in [1.82, 2.24) is 5.32 Å². The summed E-state index contributed by atoms with van der Waals surface area (Å²) in [6.45, 7) is 8.00. The van der Waals surface area contributed by atoms with Crippen molar-refractivity contribution in [3.05, 3.63) is 35.4 Å². The minimum absolute atomic E-state index is 0.263. The van der Waals surface area contributed by atoms with Crippen molar-refractivity contribution in [3.63, 3.8) is 0 Å². The van der Waals surface area contributed by atoms with Crippen molar-refractivity contribution in [3.8, 4) is 0 Å². The van der Waals surface area contributed by atoms with Crippen molar-refractivity contribution in [2.75, 3.05) is 13.2 Å². The van der Waals surface area contributed by atoms with Crippen molar-refractivity contribution < 1.29 is 14.6 Å². The largest absolute Gasteiger partial charge is 0.481 e. The molecule has 2 N–H and O–H groups in total. The first-order valence-corrected chi connectivity index (χ1v) is 6.64. The van der Waals surface area contributed by atoms with Crippen LogP contribution < -0.4 is 5.32 Å². The number of nitrogens with one attached hydrogen (secondary N) is 1. The van der Waals surface area contributed by atoms with Gasteiger partial charge in [0.15, 0.2) is 0 Å². The van der Waals surface area contributed by atoms with Gasteiger partial charge in [0, 0.05) is 13.1 Å². The van der Waals surface area contributed by atoms with E-state index in [0.717, 1.165) is 24.2 Å². The van der Waals surface area contributed by atoms with Crippen LogP contribution in [-0.2, 0) is 16.1 Å². The smallest absolute Gasteiger partial charge is 0.310 e. The van der Waals surface area contributed by atoms with E-state index in [-0.39, 0.29) is 6.10 Å². The van der Waals surface area contributed by atoms with Crippen molar-refractivity contribution in [2.24, 2.45) is 0 Å². The molecular formula is C15H23NO3. The molecule has 0 heterocycles. The number of carboxylic acids is 1. The van der Waals surface area contributed by atoms with Crippen LogP contribution in [0.2, 0.25) is 0 Å². The number of ether oxygens (including phenoxy) is 1. The van der Waals surface area contributed by atoms with Gasteiger partial charge in [0.25, 0.3) is 0 Å². The Morgan fingerprint density at radius 2 is 1.89 bits per heavy atom. The number of aliphatic carboxylic acids is 1. The molecule has 0 fully saturated rings. The summed E-state index contributed by atoms with van der Waals surface area (Å²) in [5.74, 6) is -1.25. The predicted molar refractivity (Wildman–Crippen MR) is 75.3 cm³/mol. The Kier molecular flexibility index (Phi) is 6.53. The summed E-state index contributed by atoms with van der Waals surface area (Å²) >= 11 is 0. The lowest BCUT2D eigenvalue weighted by molar-refractivity contribution is -0.138. The SMILES string of the molecule is CC(C)OCCNCc1ccc(C(C)C(=O)O)cc1. The van der Waals surface area contributed by atoms with E-state index in [2.05, 4.69) is 5.32 Å². The molecule has 106 valence electrons. The highest BCUT2D eigenvalue weighted by Crippen LogP contribution is 2.15. The van der Waals surface area contributed by atoms with Crippen LogP contribution in [0.15, 0.2) is 24.3 Å². The molecular weight excluding hydrogens is 242 g/mol. The Morgan fingerprint density at radius 1 is 1.26 bits per heavy atom. The van der Waals surface area contributed by atoms with Crippen LogP contribution in [0, 0.1) is 0 Å². The number of rotatable bonds is 8. The van der Waals surface area contributed by atoms with E-state index in [0.29, 0.717) is 6.61 Å². The molecule has 0 aliphatic heterocycles. The highest BCUT2D eigenvalue weighted by atomic mass is 16.5. The fourth-order valence-electron chi connectivity index (χ4n) is 1.67. The zero-order valence-corrected chi connectivity index (χ0v) is 11.8. The topological polar surface area (TPSA) is 58.6 Å². The van der Waals surface area contributed by atoms with E-state index in [1.807, 2.05) is 38.1 Å². The molecule has 1 rings (SSSR count). The molecule has 1 aromatic carbocycles. The number of hydrogen-bond donors (Lipinski definition) is 2. The molecule has 0 aromatic heterocycles. The zero-order valence-electron chi connectivity index (χ0n) is 11.8. The van der Waals surface area contributed by atoms with Crippen LogP contribution >= 0.6 is 0 Å². The first-order valence-electron chi connectivity index (χ1n) is 6.64. The Labute approximate surface area is 114 Å². The third kappa shape index (κ3) is 5.85. The minimum atomic E-state index is -0.795. The molecule has 0 spiro atoms. The van der Waals surface area contributed by atoms with Crippen LogP contribution in [0.5, 0.6) is 0 Å². The van der Waals surface area contributed by atoms with Gasteiger partial charge in [-0.3, -0.25) is 4.79 Å². The van der Waals surface area contributed by atoms with Gasteiger partial charge in [-0.1, -0.05) is 24.3 Å². The van der Waals surface area contributed by atoms with Crippen LogP contribution in [0.4, 0.5) is 0 Å². The Hall–Kier alpha value is -1.39. The molecule has 4 heteroatoms. The molecule has 1 unspecified atom stereocenters. The summed E-state index contributed by atoms with van der Waals surface area (Å²) in [5.41, 5.74) is 1.98. The summed E-state index contributed by atoms with van der Waals surface area (Å²) in [7, 11) is 0. The lowest BCUT2D eigenvalue weighted by atomic mass is 10.0. The average molecular weight is 265 g/mol. The summed E-state index contributed by atoms with van der Waals surface area (Å²) < 4.78 is 5.43. The minimum Gasteiger partial charge on any atom is -0.481 e. The van der Waals surface area contributed by atoms with Crippen LogP contribution in [-0.4, -0.2) is 30.3 Å². The fourth-order valence-corrected chi connectivity index (χ4v) is 1.67. The van der Waals surface area contributed by atoms with Crippen molar-refractivity contribution in [2.45, 2.75) is 39.3 Å². The number of carboxylic acid groups (broad SMARTS) is 1. The van der Waals surface area contributed by atoms with Gasteiger partial charge in [0.1, 0.15) is 0 Å². The second kappa shape index (κ2) is 7.92. The molecule has 0 radical (unpaired) electrons. The van der Waals surface area contributed by atoms with Crippen molar-refractivity contribution >= 4 is 5.97 Å². The highest BCUT2D eigenvalue weighted by Gasteiger charge is 2.12. The Balaban J connectivity index is 2.34. The number of hydrogen-bond acceptors (Lipinski definition) is 3. The maximum absolute atomic E-state index is 10.9. The van der Waals surface area contributed by atoms with E-state index in [1.54, 1.807) is 6.92 Å². The standard InChI is InChI=1S/C15H23NO3/c1-11(2)19-9-8-16-10-13-4-6-14(7-5-13)12(3)15(17)18/h4-7,11-12,16H,8-10H2,1-3H3,(H,17,18). The predicted octanol–water partition coefficient (Wildman–Crippen LogP) is 2.39. The third-order valence-corrected chi connectivity index (χ3v) is 2.91. The van der Waals surface area contributed by atoms with Crippen molar-refractivity contribution in [1.29, 1.82) is 0 Å². The van der Waals surface area contributed by atoms with Crippen LogP contribution in [0.25, 0.3) is 0 Å². The van der Waals surface area contributed by atoms with E-state index >= 15 is 0 Å². The molecule has 4 nitrogen and oxygen atoms in total. The molecule has 0 saturated carbocycles. The fraction of sp³-hybridized carbons (Fsp3) is 0.533. The van der Waals surface area contributed by atoms with Gasteiger partial charge in [-0.15, -0.1) is 0 Å². The lowest BCUT2D eigenvalue weighted by Gasteiger charge is -2.10. The van der Waals surface area contributed by atoms with Crippen LogP contribution in [0.1, 0.15) is 37.8 Å². The molecule has 0 amide bonds. The molecule has 0 saturated heterocycles.